The normalized spacial score (nSPS) is 18.3. The van der Waals surface area contributed by atoms with Crippen molar-refractivity contribution < 1.29 is 9.53 Å². The molecule has 112 valence electrons. The molecule has 1 fully saturated rings. The number of hydrogen-bond donors (Lipinski definition) is 0. The molecule has 0 aromatic rings. The van der Waals surface area contributed by atoms with Crippen molar-refractivity contribution in [1.29, 1.82) is 0 Å². The van der Waals surface area contributed by atoms with E-state index in [1.165, 1.54) is 32.1 Å². The second-order valence-electron chi connectivity index (χ2n) is 5.82. The van der Waals surface area contributed by atoms with E-state index in [0.29, 0.717) is 12.7 Å². The van der Waals surface area contributed by atoms with E-state index in [2.05, 4.69) is 13.8 Å². The molecule has 0 heterocycles. The first kappa shape index (κ1) is 16.5. The summed E-state index contributed by atoms with van der Waals surface area (Å²) < 4.78 is 5.92. The lowest BCUT2D eigenvalue weighted by atomic mass is 9.97. The fourth-order valence-corrected chi connectivity index (χ4v) is 2.77. The molecule has 1 rings (SSSR count). The Morgan fingerprint density at radius 1 is 1.16 bits per heavy atom. The van der Waals surface area contributed by atoms with E-state index in [-0.39, 0.29) is 11.8 Å². The van der Waals surface area contributed by atoms with Crippen molar-refractivity contribution in [3.05, 3.63) is 0 Å². The summed E-state index contributed by atoms with van der Waals surface area (Å²) >= 11 is 0. The average molecular weight is 269 g/mol. The Balaban J connectivity index is 2.32. The number of carbonyl (C=O) groups is 1. The van der Waals surface area contributed by atoms with Gasteiger partial charge in [0.15, 0.2) is 0 Å². The SMILES string of the molecule is CCCN(CCC)C(=O)C(C)COC1CCCCC1. The molecule has 3 heteroatoms. The summed E-state index contributed by atoms with van der Waals surface area (Å²) in [6.45, 7) is 8.59. The minimum absolute atomic E-state index is 0.0000246. The molecule has 0 bridgehead atoms. The zero-order valence-electron chi connectivity index (χ0n) is 13.0. The van der Waals surface area contributed by atoms with Gasteiger partial charge in [-0.1, -0.05) is 40.0 Å². The summed E-state index contributed by atoms with van der Waals surface area (Å²) in [5, 5.41) is 0. The van der Waals surface area contributed by atoms with Gasteiger partial charge in [0.2, 0.25) is 5.91 Å². The van der Waals surface area contributed by atoms with Gasteiger partial charge >= 0.3 is 0 Å². The third-order valence-corrected chi connectivity index (χ3v) is 3.85. The van der Waals surface area contributed by atoms with Gasteiger partial charge in [0.1, 0.15) is 0 Å². The summed E-state index contributed by atoms with van der Waals surface area (Å²) in [7, 11) is 0. The van der Waals surface area contributed by atoms with Crippen LogP contribution >= 0.6 is 0 Å². The Kier molecular flexibility index (Phi) is 8.11. The maximum atomic E-state index is 12.3. The molecule has 0 aromatic carbocycles. The Hall–Kier alpha value is -0.570. The average Bonchev–Trinajstić information content (AvgIpc) is 2.45. The smallest absolute Gasteiger partial charge is 0.227 e. The molecule has 0 radical (unpaired) electrons. The van der Waals surface area contributed by atoms with Gasteiger partial charge in [-0.3, -0.25) is 4.79 Å². The molecule has 1 unspecified atom stereocenters. The highest BCUT2D eigenvalue weighted by molar-refractivity contribution is 5.78. The number of ether oxygens (including phenoxy) is 1. The van der Waals surface area contributed by atoms with Crippen LogP contribution in [0.25, 0.3) is 0 Å². The topological polar surface area (TPSA) is 29.5 Å². The van der Waals surface area contributed by atoms with Gasteiger partial charge < -0.3 is 9.64 Å². The Labute approximate surface area is 118 Å². The van der Waals surface area contributed by atoms with Gasteiger partial charge in [-0.05, 0) is 25.7 Å². The monoisotopic (exact) mass is 269 g/mol. The van der Waals surface area contributed by atoms with Crippen LogP contribution in [0.4, 0.5) is 0 Å². The molecule has 1 atom stereocenters. The van der Waals surface area contributed by atoms with Gasteiger partial charge in [-0.15, -0.1) is 0 Å². The van der Waals surface area contributed by atoms with Crippen LogP contribution in [0.3, 0.4) is 0 Å². The quantitative estimate of drug-likeness (QED) is 0.673. The van der Waals surface area contributed by atoms with E-state index in [0.717, 1.165) is 25.9 Å². The molecule has 0 aliphatic heterocycles. The molecule has 1 amide bonds. The highest BCUT2D eigenvalue weighted by Crippen LogP contribution is 2.21. The molecule has 1 saturated carbocycles. The van der Waals surface area contributed by atoms with Crippen LogP contribution in [-0.2, 0) is 9.53 Å². The predicted molar refractivity (Wildman–Crippen MR) is 79.2 cm³/mol. The second kappa shape index (κ2) is 9.35. The van der Waals surface area contributed by atoms with E-state index in [9.17, 15) is 4.79 Å². The van der Waals surface area contributed by atoms with Crippen molar-refractivity contribution in [1.82, 2.24) is 4.90 Å². The number of rotatable bonds is 8. The Morgan fingerprint density at radius 2 is 1.74 bits per heavy atom. The molecule has 0 N–H and O–H groups in total. The van der Waals surface area contributed by atoms with Crippen LogP contribution < -0.4 is 0 Å². The second-order valence-corrected chi connectivity index (χ2v) is 5.82. The first-order valence-electron chi connectivity index (χ1n) is 8.09. The molecule has 0 saturated heterocycles. The highest BCUT2D eigenvalue weighted by Gasteiger charge is 2.21. The van der Waals surface area contributed by atoms with Crippen molar-refractivity contribution >= 4 is 5.91 Å². The van der Waals surface area contributed by atoms with Crippen LogP contribution in [0.15, 0.2) is 0 Å². The maximum Gasteiger partial charge on any atom is 0.227 e. The maximum absolute atomic E-state index is 12.3. The van der Waals surface area contributed by atoms with Crippen molar-refractivity contribution in [2.75, 3.05) is 19.7 Å². The molecule has 1 aliphatic carbocycles. The largest absolute Gasteiger partial charge is 0.377 e. The van der Waals surface area contributed by atoms with Gasteiger partial charge in [0.05, 0.1) is 18.6 Å². The zero-order valence-corrected chi connectivity index (χ0v) is 13.0. The molecule has 3 nitrogen and oxygen atoms in total. The molecule has 0 aromatic heterocycles. The van der Waals surface area contributed by atoms with E-state index in [4.69, 9.17) is 4.74 Å². The van der Waals surface area contributed by atoms with Crippen molar-refractivity contribution in [3.8, 4) is 0 Å². The van der Waals surface area contributed by atoms with Crippen molar-refractivity contribution in [2.24, 2.45) is 5.92 Å². The lowest BCUT2D eigenvalue weighted by Gasteiger charge is -2.27. The number of nitrogens with zero attached hydrogens (tertiary/aromatic N) is 1. The molecule has 19 heavy (non-hydrogen) atoms. The fraction of sp³-hybridized carbons (Fsp3) is 0.938. The van der Waals surface area contributed by atoms with Crippen LogP contribution in [0.1, 0.15) is 65.7 Å². The fourth-order valence-electron chi connectivity index (χ4n) is 2.77. The van der Waals surface area contributed by atoms with Crippen LogP contribution in [0.2, 0.25) is 0 Å². The van der Waals surface area contributed by atoms with Crippen LogP contribution in [0.5, 0.6) is 0 Å². The predicted octanol–water partition coefficient (Wildman–Crippen LogP) is 3.62. The van der Waals surface area contributed by atoms with Crippen LogP contribution in [-0.4, -0.2) is 36.6 Å². The van der Waals surface area contributed by atoms with E-state index >= 15 is 0 Å². The Morgan fingerprint density at radius 3 is 2.26 bits per heavy atom. The third-order valence-electron chi connectivity index (χ3n) is 3.85. The van der Waals surface area contributed by atoms with Gasteiger partial charge in [0.25, 0.3) is 0 Å². The molecule has 0 spiro atoms. The lowest BCUT2D eigenvalue weighted by molar-refractivity contribution is -0.138. The Bertz CT molecular complexity index is 243. The number of amides is 1. The van der Waals surface area contributed by atoms with Crippen LogP contribution in [0, 0.1) is 5.92 Å². The number of hydrogen-bond acceptors (Lipinski definition) is 2. The number of carbonyl (C=O) groups excluding carboxylic acids is 1. The molecular formula is C16H31NO2. The van der Waals surface area contributed by atoms with Gasteiger partial charge in [0, 0.05) is 13.1 Å². The van der Waals surface area contributed by atoms with E-state index < -0.39 is 0 Å². The zero-order chi connectivity index (χ0) is 14.1. The molecule has 1 aliphatic rings. The summed E-state index contributed by atoms with van der Waals surface area (Å²) in [6.07, 6.45) is 8.72. The first-order valence-corrected chi connectivity index (χ1v) is 8.09. The summed E-state index contributed by atoms with van der Waals surface area (Å²) in [4.78, 5) is 14.3. The first-order chi connectivity index (χ1) is 9.19. The van der Waals surface area contributed by atoms with Crippen molar-refractivity contribution in [3.63, 3.8) is 0 Å². The summed E-state index contributed by atoms with van der Waals surface area (Å²) in [5.41, 5.74) is 0. The minimum Gasteiger partial charge on any atom is -0.377 e. The van der Waals surface area contributed by atoms with Gasteiger partial charge in [-0.25, -0.2) is 0 Å². The minimum atomic E-state index is 0.0000246. The lowest BCUT2D eigenvalue weighted by Crippen LogP contribution is -2.38. The summed E-state index contributed by atoms with van der Waals surface area (Å²) in [5.74, 6) is 0.263. The summed E-state index contributed by atoms with van der Waals surface area (Å²) in [6, 6.07) is 0. The van der Waals surface area contributed by atoms with Gasteiger partial charge in [-0.2, -0.15) is 0 Å². The molecular weight excluding hydrogens is 238 g/mol. The van der Waals surface area contributed by atoms with E-state index in [1.807, 2.05) is 11.8 Å². The van der Waals surface area contributed by atoms with Crippen molar-refractivity contribution in [2.45, 2.75) is 71.8 Å². The standard InChI is InChI=1S/C16H31NO2/c1-4-11-17(12-5-2)16(18)14(3)13-19-15-9-7-6-8-10-15/h14-15H,4-13H2,1-3H3. The highest BCUT2D eigenvalue weighted by atomic mass is 16.5. The van der Waals surface area contributed by atoms with E-state index in [1.54, 1.807) is 0 Å². The third kappa shape index (κ3) is 5.94.